The first kappa shape index (κ1) is 13.1. The SMILES string of the molecule is CCCNC(c1c(Br)cnn1C)C(C)C1CC1. The zero-order valence-corrected chi connectivity index (χ0v) is 12.5. The lowest BCUT2D eigenvalue weighted by molar-refractivity contribution is 0.333. The van der Waals surface area contributed by atoms with Gasteiger partial charge < -0.3 is 5.32 Å². The molecule has 0 bridgehead atoms. The summed E-state index contributed by atoms with van der Waals surface area (Å²) >= 11 is 3.62. The van der Waals surface area contributed by atoms with Crippen LogP contribution in [0, 0.1) is 11.8 Å². The van der Waals surface area contributed by atoms with Crippen LogP contribution in [-0.2, 0) is 7.05 Å². The van der Waals surface area contributed by atoms with Crippen molar-refractivity contribution in [3.8, 4) is 0 Å². The van der Waals surface area contributed by atoms with E-state index in [1.54, 1.807) is 0 Å². The van der Waals surface area contributed by atoms with E-state index in [2.05, 4.69) is 40.2 Å². The quantitative estimate of drug-likeness (QED) is 0.874. The number of hydrogen-bond donors (Lipinski definition) is 1. The maximum atomic E-state index is 4.34. The molecule has 1 saturated carbocycles. The zero-order chi connectivity index (χ0) is 12.4. The summed E-state index contributed by atoms with van der Waals surface area (Å²) < 4.78 is 3.12. The molecule has 96 valence electrons. The predicted molar refractivity (Wildman–Crippen MR) is 73.8 cm³/mol. The van der Waals surface area contributed by atoms with Crippen LogP contribution in [0.4, 0.5) is 0 Å². The molecule has 1 aliphatic rings. The first-order valence-electron chi connectivity index (χ1n) is 6.56. The van der Waals surface area contributed by atoms with Gasteiger partial charge in [-0.15, -0.1) is 0 Å². The van der Waals surface area contributed by atoms with Crippen molar-refractivity contribution in [2.24, 2.45) is 18.9 Å². The highest BCUT2D eigenvalue weighted by atomic mass is 79.9. The Morgan fingerprint density at radius 2 is 2.29 bits per heavy atom. The lowest BCUT2D eigenvalue weighted by atomic mass is 9.94. The lowest BCUT2D eigenvalue weighted by Crippen LogP contribution is -2.30. The Balaban J connectivity index is 2.19. The van der Waals surface area contributed by atoms with E-state index in [1.807, 2.05) is 17.9 Å². The summed E-state index contributed by atoms with van der Waals surface area (Å²) in [6.45, 7) is 5.65. The number of hydrogen-bond acceptors (Lipinski definition) is 2. The minimum Gasteiger partial charge on any atom is -0.308 e. The van der Waals surface area contributed by atoms with E-state index in [-0.39, 0.29) is 0 Å². The first-order valence-corrected chi connectivity index (χ1v) is 7.35. The van der Waals surface area contributed by atoms with E-state index in [0.717, 1.165) is 16.9 Å². The fourth-order valence-electron chi connectivity index (χ4n) is 2.50. The fraction of sp³-hybridized carbons (Fsp3) is 0.769. The molecule has 2 rings (SSSR count). The van der Waals surface area contributed by atoms with Crippen LogP contribution in [0.3, 0.4) is 0 Å². The van der Waals surface area contributed by atoms with Crippen LogP contribution in [0.2, 0.25) is 0 Å². The molecule has 1 fully saturated rings. The summed E-state index contributed by atoms with van der Waals surface area (Å²) in [5, 5.41) is 8.02. The molecule has 2 unspecified atom stereocenters. The van der Waals surface area contributed by atoms with Crippen LogP contribution in [0.25, 0.3) is 0 Å². The van der Waals surface area contributed by atoms with Gasteiger partial charge >= 0.3 is 0 Å². The number of aromatic nitrogens is 2. The molecule has 0 amide bonds. The summed E-state index contributed by atoms with van der Waals surface area (Å²) in [6.07, 6.45) is 5.85. The molecule has 4 heteroatoms. The molecular weight excluding hydrogens is 278 g/mol. The van der Waals surface area contributed by atoms with E-state index >= 15 is 0 Å². The van der Waals surface area contributed by atoms with E-state index in [1.165, 1.54) is 25.0 Å². The number of rotatable bonds is 6. The van der Waals surface area contributed by atoms with E-state index in [4.69, 9.17) is 0 Å². The number of aryl methyl sites for hydroxylation is 1. The van der Waals surface area contributed by atoms with Gasteiger partial charge in [-0.3, -0.25) is 4.68 Å². The molecule has 17 heavy (non-hydrogen) atoms. The zero-order valence-electron chi connectivity index (χ0n) is 10.9. The van der Waals surface area contributed by atoms with Crippen LogP contribution in [-0.4, -0.2) is 16.3 Å². The molecule has 1 aromatic rings. The second-order valence-corrected chi connectivity index (χ2v) is 5.98. The Hall–Kier alpha value is -0.350. The highest BCUT2D eigenvalue weighted by Crippen LogP contribution is 2.43. The Bertz CT molecular complexity index is 351. The smallest absolute Gasteiger partial charge is 0.0695 e. The maximum Gasteiger partial charge on any atom is 0.0695 e. The van der Waals surface area contributed by atoms with Gasteiger partial charge in [0.1, 0.15) is 0 Å². The number of nitrogens with one attached hydrogen (secondary N) is 1. The van der Waals surface area contributed by atoms with E-state index < -0.39 is 0 Å². The minimum atomic E-state index is 0.421. The molecule has 3 nitrogen and oxygen atoms in total. The van der Waals surface area contributed by atoms with Crippen molar-refractivity contribution in [1.29, 1.82) is 0 Å². The van der Waals surface area contributed by atoms with Gasteiger partial charge in [0.2, 0.25) is 0 Å². The van der Waals surface area contributed by atoms with Crippen molar-refractivity contribution in [1.82, 2.24) is 15.1 Å². The fourth-order valence-corrected chi connectivity index (χ4v) is 3.09. The Kier molecular flexibility index (Phi) is 4.26. The monoisotopic (exact) mass is 299 g/mol. The first-order chi connectivity index (χ1) is 8.15. The summed E-state index contributed by atoms with van der Waals surface area (Å²) in [7, 11) is 2.03. The third-order valence-electron chi connectivity index (χ3n) is 3.74. The van der Waals surface area contributed by atoms with Gasteiger partial charge in [-0.05, 0) is 53.6 Å². The molecule has 0 aliphatic heterocycles. The van der Waals surface area contributed by atoms with Crippen molar-refractivity contribution in [3.05, 3.63) is 16.4 Å². The normalized spacial score (nSPS) is 19.3. The Labute approximate surface area is 112 Å². The van der Waals surface area contributed by atoms with E-state index in [9.17, 15) is 0 Å². The molecule has 1 aromatic heterocycles. The molecule has 0 saturated heterocycles. The second kappa shape index (κ2) is 5.53. The highest BCUT2D eigenvalue weighted by molar-refractivity contribution is 9.10. The third-order valence-corrected chi connectivity index (χ3v) is 4.35. The van der Waals surface area contributed by atoms with Gasteiger partial charge in [0.05, 0.1) is 22.4 Å². The van der Waals surface area contributed by atoms with Crippen LogP contribution in [0.15, 0.2) is 10.7 Å². The van der Waals surface area contributed by atoms with Crippen molar-refractivity contribution in [2.75, 3.05) is 6.54 Å². The maximum absolute atomic E-state index is 4.34. The van der Waals surface area contributed by atoms with Crippen molar-refractivity contribution in [2.45, 2.75) is 39.2 Å². The Morgan fingerprint density at radius 3 is 2.76 bits per heavy atom. The standard InChI is InChI=1S/C13H22BrN3/c1-4-7-15-12(9(2)10-5-6-10)13-11(14)8-16-17(13)3/h8-10,12,15H,4-7H2,1-3H3. The largest absolute Gasteiger partial charge is 0.308 e. The molecule has 1 aliphatic carbocycles. The Morgan fingerprint density at radius 1 is 1.59 bits per heavy atom. The molecule has 0 spiro atoms. The average Bonchev–Trinajstić information content (AvgIpc) is 3.10. The third kappa shape index (κ3) is 2.91. The summed E-state index contributed by atoms with van der Waals surface area (Å²) in [4.78, 5) is 0. The highest BCUT2D eigenvalue weighted by Gasteiger charge is 2.35. The minimum absolute atomic E-state index is 0.421. The average molecular weight is 300 g/mol. The molecule has 1 heterocycles. The van der Waals surface area contributed by atoms with Gasteiger partial charge in [-0.2, -0.15) is 5.10 Å². The molecule has 2 atom stereocenters. The van der Waals surface area contributed by atoms with Crippen LogP contribution in [0.1, 0.15) is 44.8 Å². The summed E-state index contributed by atoms with van der Waals surface area (Å²) in [6, 6.07) is 0.421. The van der Waals surface area contributed by atoms with Crippen molar-refractivity contribution in [3.63, 3.8) is 0 Å². The van der Waals surface area contributed by atoms with Gasteiger partial charge in [0, 0.05) is 7.05 Å². The van der Waals surface area contributed by atoms with Gasteiger partial charge in [-0.1, -0.05) is 13.8 Å². The molecule has 1 N–H and O–H groups in total. The lowest BCUT2D eigenvalue weighted by Gasteiger charge is -2.26. The van der Waals surface area contributed by atoms with Crippen molar-refractivity contribution >= 4 is 15.9 Å². The summed E-state index contributed by atoms with van der Waals surface area (Å²) in [5.74, 6) is 1.58. The number of nitrogens with zero attached hydrogens (tertiary/aromatic N) is 2. The van der Waals surface area contributed by atoms with Gasteiger partial charge in [0.15, 0.2) is 0 Å². The van der Waals surface area contributed by atoms with Crippen LogP contribution >= 0.6 is 15.9 Å². The molecular formula is C13H22BrN3. The summed E-state index contributed by atoms with van der Waals surface area (Å²) in [5.41, 5.74) is 1.29. The van der Waals surface area contributed by atoms with Crippen LogP contribution < -0.4 is 5.32 Å². The van der Waals surface area contributed by atoms with Crippen molar-refractivity contribution < 1.29 is 0 Å². The van der Waals surface area contributed by atoms with Crippen LogP contribution in [0.5, 0.6) is 0 Å². The number of halogens is 1. The molecule has 0 radical (unpaired) electrons. The van der Waals surface area contributed by atoms with E-state index in [0.29, 0.717) is 12.0 Å². The van der Waals surface area contributed by atoms with Gasteiger partial charge in [-0.25, -0.2) is 0 Å². The predicted octanol–water partition coefficient (Wildman–Crippen LogP) is 3.27. The molecule has 0 aromatic carbocycles. The topological polar surface area (TPSA) is 29.9 Å². The van der Waals surface area contributed by atoms with Gasteiger partial charge in [0.25, 0.3) is 0 Å². The second-order valence-electron chi connectivity index (χ2n) is 5.13.